The van der Waals surface area contributed by atoms with Crippen molar-refractivity contribution in [1.82, 2.24) is 9.94 Å². The number of aromatic nitrogens is 2. The standard InChI is InChI=1S/C16H18N2O2/c1-11-3-5-13(6-4-11)14-7-8-15-10-17-18(16(15)9-14)20-12(2)19/h5,7-11H,3-4,6H2,1-2H3. The van der Waals surface area contributed by atoms with Crippen LogP contribution in [0.1, 0.15) is 38.7 Å². The molecular weight excluding hydrogens is 252 g/mol. The maximum absolute atomic E-state index is 11.1. The summed E-state index contributed by atoms with van der Waals surface area (Å²) < 4.78 is 0. The van der Waals surface area contributed by atoms with Gasteiger partial charge < -0.3 is 4.84 Å². The minimum absolute atomic E-state index is 0.369. The lowest BCUT2D eigenvalue weighted by atomic mass is 9.87. The van der Waals surface area contributed by atoms with Gasteiger partial charge in [-0.1, -0.05) is 30.0 Å². The number of carbonyl (C=O) groups is 1. The summed E-state index contributed by atoms with van der Waals surface area (Å²) >= 11 is 0. The Morgan fingerprint density at radius 3 is 3.00 bits per heavy atom. The number of rotatable bonds is 2. The smallest absolute Gasteiger partial charge is 0.319 e. The summed E-state index contributed by atoms with van der Waals surface area (Å²) in [6.07, 6.45) is 7.50. The van der Waals surface area contributed by atoms with Gasteiger partial charge in [-0.3, -0.25) is 0 Å². The second-order valence-electron chi connectivity index (χ2n) is 5.48. The zero-order valence-corrected chi connectivity index (χ0v) is 11.8. The molecule has 0 radical (unpaired) electrons. The van der Waals surface area contributed by atoms with Crippen molar-refractivity contribution in [3.63, 3.8) is 0 Å². The molecule has 1 aliphatic rings. The van der Waals surface area contributed by atoms with Crippen LogP contribution in [0.3, 0.4) is 0 Å². The van der Waals surface area contributed by atoms with Gasteiger partial charge in [0.2, 0.25) is 0 Å². The molecule has 0 bridgehead atoms. The van der Waals surface area contributed by atoms with Crippen LogP contribution in [0.15, 0.2) is 30.5 Å². The molecule has 1 aromatic carbocycles. The fourth-order valence-corrected chi connectivity index (χ4v) is 2.62. The van der Waals surface area contributed by atoms with E-state index in [1.807, 2.05) is 12.1 Å². The van der Waals surface area contributed by atoms with Crippen molar-refractivity contribution < 1.29 is 9.63 Å². The van der Waals surface area contributed by atoms with E-state index in [9.17, 15) is 4.79 Å². The summed E-state index contributed by atoms with van der Waals surface area (Å²) in [5.41, 5.74) is 3.40. The molecule has 20 heavy (non-hydrogen) atoms. The van der Waals surface area contributed by atoms with E-state index >= 15 is 0 Å². The molecule has 0 saturated heterocycles. The van der Waals surface area contributed by atoms with Crippen LogP contribution in [-0.4, -0.2) is 15.9 Å². The monoisotopic (exact) mass is 270 g/mol. The molecule has 0 saturated carbocycles. The summed E-state index contributed by atoms with van der Waals surface area (Å²) in [7, 11) is 0. The predicted octanol–water partition coefficient (Wildman–Crippen LogP) is 3.21. The van der Waals surface area contributed by atoms with Crippen LogP contribution in [0, 0.1) is 5.92 Å². The first-order valence-corrected chi connectivity index (χ1v) is 6.99. The van der Waals surface area contributed by atoms with Gasteiger partial charge in [0.15, 0.2) is 0 Å². The second-order valence-corrected chi connectivity index (χ2v) is 5.48. The maximum atomic E-state index is 11.1. The molecule has 1 unspecified atom stereocenters. The van der Waals surface area contributed by atoms with Crippen molar-refractivity contribution in [1.29, 1.82) is 0 Å². The molecule has 1 aliphatic carbocycles. The second kappa shape index (κ2) is 5.12. The van der Waals surface area contributed by atoms with Crippen molar-refractivity contribution in [3.8, 4) is 0 Å². The summed E-state index contributed by atoms with van der Waals surface area (Å²) in [5.74, 6) is 0.403. The minimum atomic E-state index is -0.369. The topological polar surface area (TPSA) is 44.1 Å². The molecule has 1 heterocycles. The normalized spacial score (nSPS) is 18.9. The Labute approximate surface area is 118 Å². The van der Waals surface area contributed by atoms with E-state index in [4.69, 9.17) is 4.84 Å². The van der Waals surface area contributed by atoms with Gasteiger partial charge in [0.05, 0.1) is 6.20 Å². The van der Waals surface area contributed by atoms with Crippen molar-refractivity contribution >= 4 is 22.4 Å². The van der Waals surface area contributed by atoms with E-state index in [1.165, 1.54) is 29.3 Å². The molecule has 0 aliphatic heterocycles. The number of benzene rings is 1. The van der Waals surface area contributed by atoms with Crippen LogP contribution in [0.5, 0.6) is 0 Å². The van der Waals surface area contributed by atoms with Crippen LogP contribution < -0.4 is 4.84 Å². The van der Waals surface area contributed by atoms with Crippen molar-refractivity contribution in [2.24, 2.45) is 5.92 Å². The van der Waals surface area contributed by atoms with Crippen molar-refractivity contribution in [3.05, 3.63) is 36.0 Å². The molecular formula is C16H18N2O2. The lowest BCUT2D eigenvalue weighted by Crippen LogP contribution is -2.17. The highest BCUT2D eigenvalue weighted by Crippen LogP contribution is 2.31. The maximum Gasteiger partial charge on any atom is 0.331 e. The Morgan fingerprint density at radius 1 is 1.45 bits per heavy atom. The molecule has 2 aromatic rings. The Kier molecular flexibility index (Phi) is 3.30. The number of nitrogens with zero attached hydrogens (tertiary/aromatic N) is 2. The number of carbonyl (C=O) groups excluding carboxylic acids is 1. The molecule has 104 valence electrons. The van der Waals surface area contributed by atoms with Crippen LogP contribution in [-0.2, 0) is 4.79 Å². The van der Waals surface area contributed by atoms with Gasteiger partial charge in [-0.25, -0.2) is 4.79 Å². The van der Waals surface area contributed by atoms with Crippen LogP contribution in [0.25, 0.3) is 16.5 Å². The Hall–Kier alpha value is -2.10. The number of hydrogen-bond acceptors (Lipinski definition) is 3. The third-order valence-electron chi connectivity index (χ3n) is 3.80. The van der Waals surface area contributed by atoms with Gasteiger partial charge in [0.25, 0.3) is 0 Å². The largest absolute Gasteiger partial charge is 0.331 e. The molecule has 0 amide bonds. The molecule has 1 aromatic heterocycles. The van der Waals surface area contributed by atoms with Crippen molar-refractivity contribution in [2.45, 2.75) is 33.1 Å². The first kappa shape index (κ1) is 12.9. The summed E-state index contributed by atoms with van der Waals surface area (Å²) in [4.78, 5) is 17.5. The Balaban J connectivity index is 1.99. The highest BCUT2D eigenvalue weighted by Gasteiger charge is 2.13. The zero-order valence-electron chi connectivity index (χ0n) is 11.8. The first-order valence-electron chi connectivity index (χ1n) is 6.99. The molecule has 3 rings (SSSR count). The van der Waals surface area contributed by atoms with E-state index in [-0.39, 0.29) is 5.97 Å². The van der Waals surface area contributed by atoms with E-state index in [2.05, 4.69) is 24.2 Å². The third-order valence-corrected chi connectivity index (χ3v) is 3.80. The van der Waals surface area contributed by atoms with Gasteiger partial charge in [0.1, 0.15) is 5.52 Å². The quantitative estimate of drug-likeness (QED) is 0.841. The Bertz CT molecular complexity index is 685. The van der Waals surface area contributed by atoms with Gasteiger partial charge in [-0.15, -0.1) is 5.10 Å². The summed E-state index contributed by atoms with van der Waals surface area (Å²) in [5, 5.41) is 5.06. The molecule has 1 atom stereocenters. The highest BCUT2D eigenvalue weighted by molar-refractivity contribution is 5.83. The lowest BCUT2D eigenvalue weighted by Gasteiger charge is -2.18. The van der Waals surface area contributed by atoms with E-state index in [0.29, 0.717) is 0 Å². The van der Waals surface area contributed by atoms with Crippen LogP contribution in [0.2, 0.25) is 0 Å². The van der Waals surface area contributed by atoms with Gasteiger partial charge in [-0.2, -0.15) is 0 Å². The van der Waals surface area contributed by atoms with Crippen LogP contribution in [0.4, 0.5) is 0 Å². The fraction of sp³-hybridized carbons (Fsp3) is 0.375. The Morgan fingerprint density at radius 2 is 2.30 bits per heavy atom. The average molecular weight is 270 g/mol. The zero-order chi connectivity index (χ0) is 14.1. The average Bonchev–Trinajstić information content (AvgIpc) is 2.81. The minimum Gasteiger partial charge on any atom is -0.319 e. The number of allylic oxidation sites excluding steroid dienone is 2. The molecule has 4 heteroatoms. The molecule has 0 fully saturated rings. The predicted molar refractivity (Wildman–Crippen MR) is 78.0 cm³/mol. The fourth-order valence-electron chi connectivity index (χ4n) is 2.62. The van der Waals surface area contributed by atoms with Gasteiger partial charge >= 0.3 is 5.97 Å². The lowest BCUT2D eigenvalue weighted by molar-refractivity contribution is -0.142. The van der Waals surface area contributed by atoms with E-state index in [0.717, 1.165) is 29.7 Å². The van der Waals surface area contributed by atoms with Crippen LogP contribution >= 0.6 is 0 Å². The van der Waals surface area contributed by atoms with Gasteiger partial charge in [0, 0.05) is 12.3 Å². The highest BCUT2D eigenvalue weighted by atomic mass is 16.7. The van der Waals surface area contributed by atoms with E-state index in [1.54, 1.807) is 6.20 Å². The van der Waals surface area contributed by atoms with E-state index < -0.39 is 0 Å². The third kappa shape index (κ3) is 2.46. The summed E-state index contributed by atoms with van der Waals surface area (Å²) in [6.45, 7) is 3.66. The first-order chi connectivity index (χ1) is 9.63. The summed E-state index contributed by atoms with van der Waals surface area (Å²) in [6, 6.07) is 6.19. The number of fused-ring (bicyclic) bond motifs is 1. The molecule has 0 N–H and O–H groups in total. The number of hydrogen-bond donors (Lipinski definition) is 0. The molecule has 4 nitrogen and oxygen atoms in total. The van der Waals surface area contributed by atoms with Crippen molar-refractivity contribution in [2.75, 3.05) is 0 Å². The SMILES string of the molecule is CC(=O)On1ncc2ccc(C3=CCC(C)CC3)cc21. The van der Waals surface area contributed by atoms with Gasteiger partial charge in [-0.05, 0) is 42.4 Å². The molecule has 0 spiro atoms.